The highest BCUT2D eigenvalue weighted by atomic mass is 35.5. The van der Waals surface area contributed by atoms with Gasteiger partial charge in [-0.15, -0.1) is 11.3 Å². The van der Waals surface area contributed by atoms with Gasteiger partial charge in [0, 0.05) is 23.1 Å². The first-order chi connectivity index (χ1) is 13.1. The van der Waals surface area contributed by atoms with Gasteiger partial charge in [-0.3, -0.25) is 9.48 Å². The van der Waals surface area contributed by atoms with Crippen molar-refractivity contribution in [3.8, 4) is 0 Å². The third-order valence-electron chi connectivity index (χ3n) is 4.11. The highest BCUT2D eigenvalue weighted by molar-refractivity contribution is 7.11. The molecule has 0 aliphatic heterocycles. The standard InChI is InChI=1S/C18H16ClF3N4OS/c1-9-10(2)28-17(23-9)14(11-4-6-12(19)7-5-11)24-16(27)13-8-26(3)25-15(13)18(20,21)22/h4-8,14H,1-3H3,(H,24,27). The van der Waals surface area contributed by atoms with Crippen molar-refractivity contribution in [3.05, 3.63) is 67.9 Å². The molecule has 1 atom stereocenters. The summed E-state index contributed by atoms with van der Waals surface area (Å²) < 4.78 is 40.6. The molecule has 10 heteroatoms. The lowest BCUT2D eigenvalue weighted by molar-refractivity contribution is -0.141. The second-order valence-corrected chi connectivity index (χ2v) is 7.89. The van der Waals surface area contributed by atoms with Crippen molar-refractivity contribution in [1.29, 1.82) is 0 Å². The zero-order valence-electron chi connectivity index (χ0n) is 15.1. The Morgan fingerprint density at radius 3 is 2.43 bits per heavy atom. The summed E-state index contributed by atoms with van der Waals surface area (Å²) in [4.78, 5) is 18.1. The van der Waals surface area contributed by atoms with E-state index in [-0.39, 0.29) is 0 Å². The summed E-state index contributed by atoms with van der Waals surface area (Å²) in [6.07, 6.45) is -3.69. The normalized spacial score (nSPS) is 12.8. The summed E-state index contributed by atoms with van der Waals surface area (Å²) in [5.74, 6) is -0.883. The molecule has 0 saturated heterocycles. The maximum atomic E-state index is 13.2. The average molecular weight is 429 g/mol. The molecule has 5 nitrogen and oxygen atoms in total. The van der Waals surface area contributed by atoms with Crippen molar-refractivity contribution >= 4 is 28.8 Å². The van der Waals surface area contributed by atoms with Crippen LogP contribution in [0.1, 0.15) is 43.2 Å². The first kappa shape index (κ1) is 20.3. The summed E-state index contributed by atoms with van der Waals surface area (Å²) in [6.45, 7) is 3.72. The highest BCUT2D eigenvalue weighted by Gasteiger charge is 2.39. The van der Waals surface area contributed by atoms with E-state index in [0.717, 1.165) is 21.4 Å². The Labute approximate surface area is 168 Å². The van der Waals surface area contributed by atoms with Crippen LogP contribution < -0.4 is 5.32 Å². The van der Waals surface area contributed by atoms with Crippen LogP contribution in [0.25, 0.3) is 0 Å². The van der Waals surface area contributed by atoms with Gasteiger partial charge in [0.05, 0.1) is 11.3 Å². The van der Waals surface area contributed by atoms with Crippen LogP contribution in [0, 0.1) is 13.8 Å². The van der Waals surface area contributed by atoms with E-state index < -0.39 is 29.4 Å². The molecule has 1 amide bonds. The van der Waals surface area contributed by atoms with Crippen LogP contribution in [0.2, 0.25) is 5.02 Å². The number of thiazole rings is 1. The fraction of sp³-hybridized carbons (Fsp3) is 0.278. The molecule has 1 N–H and O–H groups in total. The molecule has 3 rings (SSSR count). The van der Waals surface area contributed by atoms with Crippen LogP contribution in [0.3, 0.4) is 0 Å². The van der Waals surface area contributed by atoms with Gasteiger partial charge in [0.25, 0.3) is 5.91 Å². The molecule has 1 aromatic carbocycles. The molecule has 1 unspecified atom stereocenters. The number of alkyl halides is 3. The number of rotatable bonds is 4. The van der Waals surface area contributed by atoms with Gasteiger partial charge in [-0.05, 0) is 31.5 Å². The Morgan fingerprint density at radius 1 is 1.25 bits per heavy atom. The van der Waals surface area contributed by atoms with Crippen LogP contribution >= 0.6 is 22.9 Å². The lowest BCUT2D eigenvalue weighted by atomic mass is 10.1. The second-order valence-electron chi connectivity index (χ2n) is 6.21. The van der Waals surface area contributed by atoms with E-state index in [9.17, 15) is 18.0 Å². The molecule has 0 bridgehead atoms. The largest absolute Gasteiger partial charge is 0.435 e. The van der Waals surface area contributed by atoms with E-state index >= 15 is 0 Å². The van der Waals surface area contributed by atoms with E-state index in [4.69, 9.17) is 11.6 Å². The van der Waals surface area contributed by atoms with Crippen molar-refractivity contribution in [3.63, 3.8) is 0 Å². The van der Waals surface area contributed by atoms with Crippen molar-refractivity contribution in [2.24, 2.45) is 7.05 Å². The quantitative estimate of drug-likeness (QED) is 0.656. The van der Waals surface area contributed by atoms with Gasteiger partial charge in [-0.25, -0.2) is 4.98 Å². The smallest absolute Gasteiger partial charge is 0.339 e. The first-order valence-electron chi connectivity index (χ1n) is 8.17. The van der Waals surface area contributed by atoms with E-state index in [2.05, 4.69) is 15.4 Å². The number of halogens is 4. The molecule has 0 aliphatic rings. The number of amides is 1. The van der Waals surface area contributed by atoms with Gasteiger partial charge in [-0.2, -0.15) is 18.3 Å². The molecule has 28 heavy (non-hydrogen) atoms. The summed E-state index contributed by atoms with van der Waals surface area (Å²) >= 11 is 7.30. The molecule has 2 aromatic heterocycles. The topological polar surface area (TPSA) is 59.8 Å². The van der Waals surface area contributed by atoms with Crippen LogP contribution in [-0.4, -0.2) is 20.7 Å². The predicted octanol–water partition coefficient (Wildman–Crippen LogP) is 4.69. The number of carbonyl (C=O) groups is 1. The summed E-state index contributed by atoms with van der Waals surface area (Å²) in [7, 11) is 1.33. The maximum absolute atomic E-state index is 13.2. The molecule has 0 radical (unpaired) electrons. The summed E-state index contributed by atoms with van der Waals surface area (Å²) in [6, 6.07) is 5.98. The van der Waals surface area contributed by atoms with Gasteiger partial charge >= 0.3 is 6.18 Å². The van der Waals surface area contributed by atoms with Crippen molar-refractivity contribution in [1.82, 2.24) is 20.1 Å². The minimum atomic E-state index is -4.74. The number of aromatic nitrogens is 3. The monoisotopic (exact) mass is 428 g/mol. The third-order valence-corrected chi connectivity index (χ3v) is 5.50. The molecular weight excluding hydrogens is 413 g/mol. The molecule has 148 valence electrons. The SMILES string of the molecule is Cc1nc(C(NC(=O)c2cn(C)nc2C(F)(F)F)c2ccc(Cl)cc2)sc1C. The van der Waals surface area contributed by atoms with Gasteiger partial charge in [0.1, 0.15) is 11.0 Å². The fourth-order valence-corrected chi connectivity index (χ4v) is 3.77. The lowest BCUT2D eigenvalue weighted by Crippen LogP contribution is -2.30. The zero-order chi connectivity index (χ0) is 20.6. The molecule has 0 aliphatic carbocycles. The second kappa shape index (κ2) is 7.56. The minimum absolute atomic E-state index is 0.506. The fourth-order valence-electron chi connectivity index (χ4n) is 2.64. The van der Waals surface area contributed by atoms with Crippen LogP contribution in [-0.2, 0) is 13.2 Å². The zero-order valence-corrected chi connectivity index (χ0v) is 16.7. The van der Waals surface area contributed by atoms with E-state index in [1.54, 1.807) is 24.3 Å². The van der Waals surface area contributed by atoms with Crippen molar-refractivity contribution in [2.75, 3.05) is 0 Å². The first-order valence-corrected chi connectivity index (χ1v) is 9.37. The number of nitrogens with zero attached hydrogens (tertiary/aromatic N) is 3. The Balaban J connectivity index is 2.00. The van der Waals surface area contributed by atoms with Gasteiger partial charge in [0.2, 0.25) is 0 Å². The minimum Gasteiger partial charge on any atom is -0.339 e. The summed E-state index contributed by atoms with van der Waals surface area (Å²) in [5, 5.41) is 7.13. The van der Waals surface area contributed by atoms with Gasteiger partial charge in [-0.1, -0.05) is 23.7 Å². The Kier molecular flexibility index (Phi) is 5.49. The van der Waals surface area contributed by atoms with Gasteiger partial charge in [0.15, 0.2) is 5.69 Å². The number of benzene rings is 1. The van der Waals surface area contributed by atoms with Crippen LogP contribution in [0.15, 0.2) is 30.5 Å². The van der Waals surface area contributed by atoms with E-state index in [0.29, 0.717) is 15.6 Å². The van der Waals surface area contributed by atoms with Crippen LogP contribution in [0.5, 0.6) is 0 Å². The number of nitrogens with one attached hydrogen (secondary N) is 1. The molecule has 0 fully saturated rings. The Morgan fingerprint density at radius 2 is 1.89 bits per heavy atom. The number of hydrogen-bond acceptors (Lipinski definition) is 4. The van der Waals surface area contributed by atoms with Crippen LogP contribution in [0.4, 0.5) is 13.2 Å². The van der Waals surface area contributed by atoms with Crippen molar-refractivity contribution < 1.29 is 18.0 Å². The molecule has 0 saturated carbocycles. The Bertz CT molecular complexity index is 992. The molecular formula is C18H16ClF3N4OS. The van der Waals surface area contributed by atoms with E-state index in [1.807, 2.05) is 13.8 Å². The van der Waals surface area contributed by atoms with Gasteiger partial charge < -0.3 is 5.32 Å². The molecule has 3 aromatic rings. The number of hydrogen-bond donors (Lipinski definition) is 1. The highest BCUT2D eigenvalue weighted by Crippen LogP contribution is 2.32. The average Bonchev–Trinajstić information content (AvgIpc) is 3.16. The van der Waals surface area contributed by atoms with Crippen molar-refractivity contribution in [2.45, 2.75) is 26.1 Å². The summed E-state index contributed by atoms with van der Waals surface area (Å²) in [5.41, 5.74) is -0.317. The molecule has 0 spiro atoms. The Hall–Kier alpha value is -2.39. The number of aryl methyl sites for hydroxylation is 3. The van der Waals surface area contributed by atoms with E-state index in [1.165, 1.54) is 18.4 Å². The number of carbonyl (C=O) groups excluding carboxylic acids is 1. The maximum Gasteiger partial charge on any atom is 0.435 e. The lowest BCUT2D eigenvalue weighted by Gasteiger charge is -2.17. The third kappa shape index (κ3) is 4.20. The predicted molar refractivity (Wildman–Crippen MR) is 101 cm³/mol. The molecule has 2 heterocycles.